The third-order valence-electron chi connectivity index (χ3n) is 3.17. The van der Waals surface area contributed by atoms with Crippen molar-refractivity contribution in [3.05, 3.63) is 24.8 Å². The van der Waals surface area contributed by atoms with E-state index in [0.717, 1.165) is 12.3 Å². The normalized spacial score (nSPS) is 21.7. The molecule has 1 saturated carbocycles. The molecule has 1 atom stereocenters. The molecule has 0 aromatic heterocycles. The van der Waals surface area contributed by atoms with Gasteiger partial charge >= 0.3 is 0 Å². The van der Waals surface area contributed by atoms with Crippen molar-refractivity contribution in [3.8, 4) is 0 Å². The van der Waals surface area contributed by atoms with Gasteiger partial charge in [-0.2, -0.15) is 0 Å². The van der Waals surface area contributed by atoms with Gasteiger partial charge in [-0.3, -0.25) is 0 Å². The van der Waals surface area contributed by atoms with E-state index in [9.17, 15) is 0 Å². The molecule has 1 aliphatic carbocycles. The molecule has 1 fully saturated rings. The van der Waals surface area contributed by atoms with Crippen LogP contribution in [0.15, 0.2) is 24.8 Å². The van der Waals surface area contributed by atoms with Crippen molar-refractivity contribution >= 4 is 0 Å². The van der Waals surface area contributed by atoms with Gasteiger partial charge in [-0.15, -0.1) is 6.58 Å². The van der Waals surface area contributed by atoms with Crippen molar-refractivity contribution in [1.29, 1.82) is 0 Å². The maximum Gasteiger partial charge on any atom is 0.00274 e. The lowest BCUT2D eigenvalue weighted by Gasteiger charge is -2.18. The highest BCUT2D eigenvalue weighted by Gasteiger charge is 2.19. The summed E-state index contributed by atoms with van der Waals surface area (Å²) < 4.78 is 0. The predicted octanol–water partition coefficient (Wildman–Crippen LogP) is 4.34. The maximum atomic E-state index is 3.88. The van der Waals surface area contributed by atoms with E-state index < -0.39 is 0 Å². The summed E-state index contributed by atoms with van der Waals surface area (Å²) in [7, 11) is 0. The van der Waals surface area contributed by atoms with Crippen LogP contribution in [0, 0.1) is 11.3 Å². The topological polar surface area (TPSA) is 0 Å². The second-order valence-corrected chi connectivity index (χ2v) is 4.49. The quantitative estimate of drug-likeness (QED) is 0.531. The van der Waals surface area contributed by atoms with Crippen LogP contribution in [0.5, 0.6) is 0 Å². The second-order valence-electron chi connectivity index (χ2n) is 4.49. The van der Waals surface area contributed by atoms with Crippen LogP contribution in [0.25, 0.3) is 0 Å². The minimum Gasteiger partial charge on any atom is -0.102 e. The van der Waals surface area contributed by atoms with Gasteiger partial charge in [0.1, 0.15) is 0 Å². The minimum atomic E-state index is 0.226. The first kappa shape index (κ1) is 10.6. The third kappa shape index (κ3) is 3.80. The van der Waals surface area contributed by atoms with Gasteiger partial charge in [0.2, 0.25) is 0 Å². The van der Waals surface area contributed by atoms with Gasteiger partial charge < -0.3 is 0 Å². The fourth-order valence-corrected chi connectivity index (χ4v) is 1.42. The third-order valence-corrected chi connectivity index (χ3v) is 3.17. The van der Waals surface area contributed by atoms with Crippen molar-refractivity contribution in [2.24, 2.45) is 11.3 Å². The van der Waals surface area contributed by atoms with Crippen molar-refractivity contribution in [2.45, 2.75) is 46.0 Å². The Morgan fingerprint density at radius 3 is 2.62 bits per heavy atom. The fraction of sp³-hybridized carbons (Fsp3) is 0.692. The number of allylic oxidation sites excluding steroid dienone is 3. The van der Waals surface area contributed by atoms with Gasteiger partial charge in [-0.25, -0.2) is 0 Å². The zero-order valence-corrected chi connectivity index (χ0v) is 9.05. The molecule has 0 spiro atoms. The van der Waals surface area contributed by atoms with Gasteiger partial charge in [-0.1, -0.05) is 44.9 Å². The highest BCUT2D eigenvalue weighted by atomic mass is 14.3. The SMILES string of the molecule is C=CC(C)(/C=C/CCC1CC1)CC. The van der Waals surface area contributed by atoms with E-state index in [-0.39, 0.29) is 5.41 Å². The van der Waals surface area contributed by atoms with Crippen LogP contribution >= 0.6 is 0 Å². The molecule has 0 amide bonds. The van der Waals surface area contributed by atoms with Gasteiger partial charge in [0.05, 0.1) is 0 Å². The summed E-state index contributed by atoms with van der Waals surface area (Å²) in [6.07, 6.45) is 13.5. The zero-order chi connectivity index (χ0) is 9.73. The van der Waals surface area contributed by atoms with E-state index >= 15 is 0 Å². The van der Waals surface area contributed by atoms with Crippen LogP contribution in [-0.4, -0.2) is 0 Å². The maximum absolute atomic E-state index is 3.88. The molecule has 0 heteroatoms. The number of rotatable bonds is 6. The Morgan fingerprint density at radius 1 is 1.46 bits per heavy atom. The van der Waals surface area contributed by atoms with E-state index in [0.29, 0.717) is 0 Å². The Morgan fingerprint density at radius 2 is 2.15 bits per heavy atom. The number of hydrogen-bond donors (Lipinski definition) is 0. The molecule has 1 rings (SSSR count). The smallest absolute Gasteiger partial charge is 0.00274 e. The van der Waals surface area contributed by atoms with E-state index in [4.69, 9.17) is 0 Å². The monoisotopic (exact) mass is 178 g/mol. The van der Waals surface area contributed by atoms with Gasteiger partial charge in [0.15, 0.2) is 0 Å². The Kier molecular flexibility index (Phi) is 3.77. The van der Waals surface area contributed by atoms with E-state index in [2.05, 4.69) is 38.7 Å². The minimum absolute atomic E-state index is 0.226. The largest absolute Gasteiger partial charge is 0.102 e. The Bertz CT molecular complexity index is 186. The lowest BCUT2D eigenvalue weighted by molar-refractivity contribution is 0.529. The molecule has 0 N–H and O–H groups in total. The summed E-state index contributed by atoms with van der Waals surface area (Å²) in [6.45, 7) is 8.34. The molecule has 0 aromatic rings. The molecule has 0 nitrogen and oxygen atoms in total. The Labute approximate surface area is 82.7 Å². The van der Waals surface area contributed by atoms with Gasteiger partial charge in [0, 0.05) is 5.41 Å². The average Bonchev–Trinajstić information content (AvgIpc) is 2.96. The summed E-state index contributed by atoms with van der Waals surface area (Å²) in [5.41, 5.74) is 0.226. The molecule has 0 heterocycles. The first-order valence-corrected chi connectivity index (χ1v) is 5.51. The molecule has 13 heavy (non-hydrogen) atoms. The summed E-state index contributed by atoms with van der Waals surface area (Å²) in [6, 6.07) is 0. The summed E-state index contributed by atoms with van der Waals surface area (Å²) in [5, 5.41) is 0. The van der Waals surface area contributed by atoms with Crippen molar-refractivity contribution in [2.75, 3.05) is 0 Å². The van der Waals surface area contributed by atoms with Crippen molar-refractivity contribution in [1.82, 2.24) is 0 Å². The molecule has 0 bridgehead atoms. The fourth-order valence-electron chi connectivity index (χ4n) is 1.42. The van der Waals surface area contributed by atoms with E-state index in [1.165, 1.54) is 25.7 Å². The molecule has 74 valence electrons. The molecule has 1 aliphatic rings. The molecule has 0 aliphatic heterocycles. The Hall–Kier alpha value is -0.520. The van der Waals surface area contributed by atoms with Crippen LogP contribution in [0.1, 0.15) is 46.0 Å². The first-order chi connectivity index (χ1) is 6.20. The van der Waals surface area contributed by atoms with Crippen LogP contribution in [0.3, 0.4) is 0 Å². The van der Waals surface area contributed by atoms with Crippen LogP contribution in [-0.2, 0) is 0 Å². The predicted molar refractivity (Wildman–Crippen MR) is 59.7 cm³/mol. The average molecular weight is 178 g/mol. The Balaban J connectivity index is 2.22. The van der Waals surface area contributed by atoms with Gasteiger partial charge in [0.25, 0.3) is 0 Å². The van der Waals surface area contributed by atoms with Gasteiger partial charge in [-0.05, 0) is 25.2 Å². The second kappa shape index (κ2) is 4.64. The summed E-state index contributed by atoms with van der Waals surface area (Å²) in [5.74, 6) is 1.06. The molecule has 0 saturated heterocycles. The summed E-state index contributed by atoms with van der Waals surface area (Å²) in [4.78, 5) is 0. The van der Waals surface area contributed by atoms with E-state index in [1.54, 1.807) is 0 Å². The lowest BCUT2D eigenvalue weighted by Crippen LogP contribution is -2.06. The highest BCUT2D eigenvalue weighted by molar-refractivity contribution is 5.06. The van der Waals surface area contributed by atoms with Crippen LogP contribution in [0.2, 0.25) is 0 Å². The summed E-state index contributed by atoms with van der Waals surface area (Å²) >= 11 is 0. The van der Waals surface area contributed by atoms with E-state index in [1.807, 2.05) is 0 Å². The molecular weight excluding hydrogens is 156 g/mol. The van der Waals surface area contributed by atoms with Crippen molar-refractivity contribution < 1.29 is 0 Å². The highest BCUT2D eigenvalue weighted by Crippen LogP contribution is 2.34. The molecule has 0 radical (unpaired) electrons. The molecular formula is C13H22. The number of hydrogen-bond acceptors (Lipinski definition) is 0. The zero-order valence-electron chi connectivity index (χ0n) is 9.05. The first-order valence-electron chi connectivity index (χ1n) is 5.51. The van der Waals surface area contributed by atoms with Crippen LogP contribution < -0.4 is 0 Å². The van der Waals surface area contributed by atoms with Crippen LogP contribution in [0.4, 0.5) is 0 Å². The van der Waals surface area contributed by atoms with Crippen molar-refractivity contribution in [3.63, 3.8) is 0 Å². The lowest BCUT2D eigenvalue weighted by atomic mass is 9.87. The molecule has 1 unspecified atom stereocenters. The standard InChI is InChI=1S/C13H22/c1-4-13(3,5-2)11-7-6-8-12-9-10-12/h4,7,11-12H,1,5-6,8-10H2,2-3H3/b11-7+. The molecule has 0 aromatic carbocycles.